The zero-order chi connectivity index (χ0) is 8.53. The monoisotopic (exact) mass is 191 g/mol. The van der Waals surface area contributed by atoms with E-state index in [2.05, 4.69) is 38.2 Å². The molecule has 0 aromatic carbocycles. The first kappa shape index (κ1) is 14.5. The Morgan fingerprint density at radius 2 is 2.00 bits per heavy atom. The lowest BCUT2D eigenvalue weighted by molar-refractivity contribution is 0.583. The molecule has 0 bridgehead atoms. The van der Waals surface area contributed by atoms with Gasteiger partial charge in [0, 0.05) is 6.04 Å². The third kappa shape index (κ3) is 9.99. The predicted octanol–water partition coefficient (Wildman–Crippen LogP) is 3.15. The van der Waals surface area contributed by atoms with Crippen LogP contribution in [0, 0.1) is 0 Å². The summed E-state index contributed by atoms with van der Waals surface area (Å²) in [6, 6.07) is 0.539. The molecular weight excluding hydrogens is 170 g/mol. The average Bonchev–Trinajstić information content (AvgIpc) is 1.99. The molecule has 0 spiro atoms. The Labute approximate surface area is 83.0 Å². The maximum atomic E-state index is 3.43. The van der Waals surface area contributed by atoms with E-state index in [9.17, 15) is 0 Å². The maximum Gasteiger partial charge on any atom is 0.0221 e. The van der Waals surface area contributed by atoms with Crippen LogP contribution in [0.15, 0.2) is 12.2 Å². The maximum absolute atomic E-state index is 3.43. The lowest BCUT2D eigenvalue weighted by atomic mass is 10.2. The molecule has 0 saturated carbocycles. The van der Waals surface area contributed by atoms with Gasteiger partial charge in [-0.2, -0.15) is 0 Å². The largest absolute Gasteiger partial charge is 0.311 e. The van der Waals surface area contributed by atoms with E-state index in [1.807, 2.05) is 0 Å². The highest BCUT2D eigenvalue weighted by Gasteiger charge is 1.92. The second-order valence-electron chi connectivity index (χ2n) is 2.98. The van der Waals surface area contributed by atoms with Crippen LogP contribution in [0.25, 0.3) is 0 Å². The Balaban J connectivity index is 0. The van der Waals surface area contributed by atoms with Gasteiger partial charge in [0.2, 0.25) is 0 Å². The first-order valence-electron chi connectivity index (χ1n) is 4.67. The summed E-state index contributed by atoms with van der Waals surface area (Å²) in [6.07, 6.45) is 8.23. The Bertz CT molecular complexity index is 102. The molecule has 1 nitrogen and oxygen atoms in total. The van der Waals surface area contributed by atoms with Crippen molar-refractivity contribution in [3.05, 3.63) is 12.2 Å². The molecular formula is C10H22ClN. The molecule has 0 saturated heterocycles. The molecule has 1 atom stereocenters. The number of hydrogen-bond donors (Lipinski definition) is 1. The Morgan fingerprint density at radius 3 is 2.50 bits per heavy atom. The lowest BCUT2D eigenvalue weighted by Gasteiger charge is -2.07. The molecule has 0 aromatic rings. The number of rotatable bonds is 6. The molecule has 12 heavy (non-hydrogen) atoms. The summed E-state index contributed by atoms with van der Waals surface area (Å²) in [7, 11) is 0. The van der Waals surface area contributed by atoms with Gasteiger partial charge in [-0.3, -0.25) is 0 Å². The van der Waals surface area contributed by atoms with Crippen LogP contribution < -0.4 is 5.32 Å². The Kier molecular flexibility index (Phi) is 13.3. The Morgan fingerprint density at radius 1 is 1.33 bits per heavy atom. The molecule has 0 radical (unpaired) electrons. The van der Waals surface area contributed by atoms with Crippen molar-refractivity contribution < 1.29 is 0 Å². The van der Waals surface area contributed by atoms with Crippen LogP contribution in [-0.2, 0) is 0 Å². The minimum absolute atomic E-state index is 0. The normalized spacial score (nSPS) is 12.9. The summed E-state index contributed by atoms with van der Waals surface area (Å²) in [5, 5.41) is 3.43. The van der Waals surface area contributed by atoms with Crippen LogP contribution in [0.5, 0.6) is 0 Å². The molecule has 1 N–H and O–H groups in total. The van der Waals surface area contributed by atoms with Crippen molar-refractivity contribution in [3.8, 4) is 0 Å². The second-order valence-corrected chi connectivity index (χ2v) is 2.98. The fourth-order valence-corrected chi connectivity index (χ4v) is 1.06. The van der Waals surface area contributed by atoms with E-state index >= 15 is 0 Å². The zero-order valence-corrected chi connectivity index (χ0v) is 9.29. The van der Waals surface area contributed by atoms with Gasteiger partial charge in [0.25, 0.3) is 0 Å². The standard InChI is InChI=1S/C10H21N.ClH/c1-4-6-7-9-11-10(3)8-5-2;/h5,8,10-11H,4,6-7,9H2,1-3H3;1H. The van der Waals surface area contributed by atoms with Gasteiger partial charge in [-0.05, 0) is 26.8 Å². The minimum Gasteiger partial charge on any atom is -0.311 e. The SMILES string of the molecule is CC=CC(C)NCCCCC.Cl. The van der Waals surface area contributed by atoms with Gasteiger partial charge in [0.15, 0.2) is 0 Å². The van der Waals surface area contributed by atoms with Crippen molar-refractivity contribution >= 4 is 12.4 Å². The average molecular weight is 192 g/mol. The van der Waals surface area contributed by atoms with Gasteiger partial charge in [0.05, 0.1) is 0 Å². The van der Waals surface area contributed by atoms with E-state index in [0.29, 0.717) is 6.04 Å². The van der Waals surface area contributed by atoms with E-state index in [4.69, 9.17) is 0 Å². The first-order chi connectivity index (χ1) is 5.31. The van der Waals surface area contributed by atoms with Crippen LogP contribution in [0.3, 0.4) is 0 Å². The smallest absolute Gasteiger partial charge is 0.0221 e. The minimum atomic E-state index is 0. The van der Waals surface area contributed by atoms with Crippen molar-refractivity contribution in [1.29, 1.82) is 0 Å². The third-order valence-electron chi connectivity index (χ3n) is 1.73. The molecule has 0 aliphatic heterocycles. The molecule has 0 rings (SSSR count). The molecule has 2 heteroatoms. The lowest BCUT2D eigenvalue weighted by Crippen LogP contribution is -2.24. The van der Waals surface area contributed by atoms with E-state index in [1.165, 1.54) is 19.3 Å². The summed E-state index contributed by atoms with van der Waals surface area (Å²) in [4.78, 5) is 0. The van der Waals surface area contributed by atoms with Crippen molar-refractivity contribution in [2.24, 2.45) is 0 Å². The fraction of sp³-hybridized carbons (Fsp3) is 0.800. The highest BCUT2D eigenvalue weighted by Crippen LogP contribution is 1.92. The van der Waals surface area contributed by atoms with Crippen LogP contribution in [0.2, 0.25) is 0 Å². The molecule has 0 aromatic heterocycles. The molecule has 0 fully saturated rings. The number of nitrogens with one attached hydrogen (secondary N) is 1. The van der Waals surface area contributed by atoms with Gasteiger partial charge in [-0.1, -0.05) is 31.9 Å². The van der Waals surface area contributed by atoms with Crippen molar-refractivity contribution in [2.75, 3.05) is 6.54 Å². The van der Waals surface area contributed by atoms with E-state index in [-0.39, 0.29) is 12.4 Å². The van der Waals surface area contributed by atoms with Crippen molar-refractivity contribution in [2.45, 2.75) is 46.1 Å². The summed E-state index contributed by atoms with van der Waals surface area (Å²) >= 11 is 0. The van der Waals surface area contributed by atoms with E-state index in [0.717, 1.165) is 6.54 Å². The highest BCUT2D eigenvalue weighted by molar-refractivity contribution is 5.85. The summed E-state index contributed by atoms with van der Waals surface area (Å²) in [5.41, 5.74) is 0. The summed E-state index contributed by atoms with van der Waals surface area (Å²) in [5.74, 6) is 0. The van der Waals surface area contributed by atoms with Crippen molar-refractivity contribution in [1.82, 2.24) is 5.32 Å². The zero-order valence-electron chi connectivity index (χ0n) is 8.47. The topological polar surface area (TPSA) is 12.0 Å². The van der Waals surface area contributed by atoms with Gasteiger partial charge in [0.1, 0.15) is 0 Å². The van der Waals surface area contributed by atoms with Crippen LogP contribution >= 0.6 is 12.4 Å². The third-order valence-corrected chi connectivity index (χ3v) is 1.73. The molecule has 0 amide bonds. The molecule has 0 heterocycles. The van der Waals surface area contributed by atoms with E-state index in [1.54, 1.807) is 0 Å². The molecule has 1 unspecified atom stereocenters. The van der Waals surface area contributed by atoms with Gasteiger partial charge < -0.3 is 5.32 Å². The summed E-state index contributed by atoms with van der Waals surface area (Å²) < 4.78 is 0. The van der Waals surface area contributed by atoms with Crippen LogP contribution in [-0.4, -0.2) is 12.6 Å². The Hall–Kier alpha value is -0.0100. The fourth-order valence-electron chi connectivity index (χ4n) is 1.06. The van der Waals surface area contributed by atoms with Gasteiger partial charge >= 0.3 is 0 Å². The summed E-state index contributed by atoms with van der Waals surface area (Å²) in [6.45, 7) is 7.63. The molecule has 0 aliphatic rings. The van der Waals surface area contributed by atoms with E-state index < -0.39 is 0 Å². The number of unbranched alkanes of at least 4 members (excludes halogenated alkanes) is 2. The van der Waals surface area contributed by atoms with Crippen molar-refractivity contribution in [3.63, 3.8) is 0 Å². The van der Waals surface area contributed by atoms with Crippen LogP contribution in [0.1, 0.15) is 40.0 Å². The predicted molar refractivity (Wildman–Crippen MR) is 59.1 cm³/mol. The highest BCUT2D eigenvalue weighted by atomic mass is 35.5. The first-order valence-corrected chi connectivity index (χ1v) is 4.67. The number of hydrogen-bond acceptors (Lipinski definition) is 1. The number of halogens is 1. The molecule has 0 aliphatic carbocycles. The quantitative estimate of drug-likeness (QED) is 0.503. The van der Waals surface area contributed by atoms with Crippen LogP contribution in [0.4, 0.5) is 0 Å². The molecule has 74 valence electrons. The second kappa shape index (κ2) is 11.0. The van der Waals surface area contributed by atoms with Gasteiger partial charge in [-0.25, -0.2) is 0 Å². The number of allylic oxidation sites excluding steroid dienone is 1. The van der Waals surface area contributed by atoms with Gasteiger partial charge in [-0.15, -0.1) is 12.4 Å².